The van der Waals surface area contributed by atoms with E-state index in [4.69, 9.17) is 4.98 Å². The van der Waals surface area contributed by atoms with E-state index in [0.717, 1.165) is 22.2 Å². The molecule has 0 saturated heterocycles. The van der Waals surface area contributed by atoms with Crippen LogP contribution in [-0.2, 0) is 5.41 Å². The van der Waals surface area contributed by atoms with Crippen LogP contribution in [-0.4, -0.2) is 9.55 Å². The first-order valence-electron chi connectivity index (χ1n) is 18.2. The van der Waals surface area contributed by atoms with E-state index in [9.17, 15) is 0 Å². The zero-order valence-electron chi connectivity index (χ0n) is 28.6. The summed E-state index contributed by atoms with van der Waals surface area (Å²) < 4.78 is 2.42. The van der Waals surface area contributed by atoms with Gasteiger partial charge in [-0.1, -0.05) is 157 Å². The lowest BCUT2D eigenvalue weighted by atomic mass is 9.67. The van der Waals surface area contributed by atoms with E-state index in [2.05, 4.69) is 187 Å². The molecule has 10 aromatic rings. The van der Waals surface area contributed by atoms with Gasteiger partial charge in [0.2, 0.25) is 0 Å². The first kappa shape index (κ1) is 29.2. The van der Waals surface area contributed by atoms with Crippen LogP contribution in [0.3, 0.4) is 0 Å². The molecule has 53 heavy (non-hydrogen) atoms. The number of fused-ring (bicyclic) bond motifs is 15. The molecular formula is C50H30N2S. The Hall–Kier alpha value is -6.42. The molecule has 0 unspecified atom stereocenters. The van der Waals surface area contributed by atoms with Gasteiger partial charge in [0.25, 0.3) is 0 Å². The maximum absolute atomic E-state index is 5.42. The van der Waals surface area contributed by atoms with E-state index in [-0.39, 0.29) is 0 Å². The van der Waals surface area contributed by atoms with Crippen LogP contribution in [0.25, 0.3) is 71.6 Å². The van der Waals surface area contributed by atoms with Gasteiger partial charge in [0.05, 0.1) is 22.0 Å². The van der Waals surface area contributed by atoms with Crippen molar-refractivity contribution in [2.75, 3.05) is 0 Å². The molecule has 2 nitrogen and oxygen atoms in total. The number of nitrogens with zero attached hydrogens (tertiary/aromatic N) is 2. The molecule has 0 bridgehead atoms. The molecule has 0 fully saturated rings. The quantitative estimate of drug-likeness (QED) is 0.180. The van der Waals surface area contributed by atoms with E-state index in [1.165, 1.54) is 81.4 Å². The van der Waals surface area contributed by atoms with Gasteiger partial charge >= 0.3 is 0 Å². The van der Waals surface area contributed by atoms with E-state index in [0.29, 0.717) is 0 Å². The fourth-order valence-corrected chi connectivity index (χ4v) is 10.7. The molecule has 0 N–H and O–H groups in total. The third-order valence-electron chi connectivity index (χ3n) is 11.6. The SMILES string of the molecule is c1ccc(-c2cc(-n3c4cc5c(cc4c4c6ccccc6ccc43)C3(c4ccccc4S5)c4ccccc4-c4ccccc43)nc3ccccc23)cc1. The van der Waals surface area contributed by atoms with Crippen LogP contribution in [0.4, 0.5) is 0 Å². The maximum Gasteiger partial charge on any atom is 0.138 e. The third-order valence-corrected chi connectivity index (χ3v) is 12.8. The summed E-state index contributed by atoms with van der Waals surface area (Å²) in [6.45, 7) is 0. The van der Waals surface area contributed by atoms with Crippen molar-refractivity contribution in [1.29, 1.82) is 0 Å². The fraction of sp³-hybridized carbons (Fsp3) is 0.0200. The smallest absolute Gasteiger partial charge is 0.138 e. The summed E-state index contributed by atoms with van der Waals surface area (Å²) in [5.41, 5.74) is 13.3. The Morgan fingerprint density at radius 2 is 1.09 bits per heavy atom. The molecule has 246 valence electrons. The minimum atomic E-state index is -0.445. The highest BCUT2D eigenvalue weighted by Gasteiger charge is 2.50. The van der Waals surface area contributed by atoms with Gasteiger partial charge in [-0.25, -0.2) is 4.98 Å². The lowest BCUT2D eigenvalue weighted by Crippen LogP contribution is -2.32. The van der Waals surface area contributed by atoms with E-state index >= 15 is 0 Å². The Bertz CT molecular complexity index is 3110. The molecule has 0 amide bonds. The highest BCUT2D eigenvalue weighted by Crippen LogP contribution is 2.62. The first-order chi connectivity index (χ1) is 26.3. The molecule has 0 atom stereocenters. The average molecular weight is 691 g/mol. The molecule has 12 rings (SSSR count). The summed E-state index contributed by atoms with van der Waals surface area (Å²) in [6.07, 6.45) is 0. The standard InChI is InChI=1S/C50H30N2S/c1-2-14-31(15-3-1)37-29-48(51-43-24-12-8-20-36(37)43)52-44-27-26-32-16-4-5-17-33(32)49(44)38-28-42-47(30-45(38)52)53-46-25-13-11-23-41(46)50(42)39-21-9-6-18-34(39)35-19-7-10-22-40(35)50/h1-30H. The second kappa shape index (κ2) is 10.8. The summed E-state index contributed by atoms with van der Waals surface area (Å²) >= 11 is 1.89. The fourth-order valence-electron chi connectivity index (χ4n) is 9.51. The van der Waals surface area contributed by atoms with Crippen molar-refractivity contribution in [2.45, 2.75) is 15.2 Å². The number of pyridine rings is 1. The number of aromatic nitrogens is 2. The largest absolute Gasteiger partial charge is 0.294 e. The van der Waals surface area contributed by atoms with E-state index < -0.39 is 5.41 Å². The predicted octanol–water partition coefficient (Wildman–Crippen LogP) is 13.0. The minimum absolute atomic E-state index is 0.445. The second-order valence-corrected chi connectivity index (χ2v) is 15.3. The number of rotatable bonds is 2. The predicted molar refractivity (Wildman–Crippen MR) is 220 cm³/mol. The Morgan fingerprint density at radius 3 is 1.91 bits per heavy atom. The van der Waals surface area contributed by atoms with E-state index in [1.54, 1.807) is 0 Å². The molecule has 8 aromatic carbocycles. The van der Waals surface area contributed by atoms with Gasteiger partial charge in [-0.15, -0.1) is 0 Å². The van der Waals surface area contributed by atoms with Gasteiger partial charge in [0.15, 0.2) is 0 Å². The molecular weight excluding hydrogens is 661 g/mol. The second-order valence-electron chi connectivity index (χ2n) is 14.2. The third kappa shape index (κ3) is 3.87. The van der Waals surface area contributed by atoms with Crippen LogP contribution in [0, 0.1) is 0 Å². The zero-order valence-corrected chi connectivity index (χ0v) is 29.4. The van der Waals surface area contributed by atoms with Gasteiger partial charge < -0.3 is 0 Å². The zero-order chi connectivity index (χ0) is 34.7. The molecule has 1 aliphatic carbocycles. The van der Waals surface area contributed by atoms with E-state index in [1.807, 2.05) is 11.8 Å². The molecule has 0 radical (unpaired) electrons. The van der Waals surface area contributed by atoms with Gasteiger partial charge in [-0.2, -0.15) is 0 Å². The lowest BCUT2D eigenvalue weighted by Gasteiger charge is -2.39. The van der Waals surface area contributed by atoms with Crippen molar-refractivity contribution in [3.8, 4) is 28.1 Å². The van der Waals surface area contributed by atoms with Gasteiger partial charge in [-0.05, 0) is 91.7 Å². The van der Waals surface area contributed by atoms with Crippen molar-refractivity contribution in [2.24, 2.45) is 0 Å². The average Bonchev–Trinajstić information content (AvgIpc) is 3.71. The van der Waals surface area contributed by atoms with Crippen molar-refractivity contribution in [3.05, 3.63) is 204 Å². The number of para-hydroxylation sites is 1. The highest BCUT2D eigenvalue weighted by atomic mass is 32.2. The van der Waals surface area contributed by atoms with Gasteiger partial charge in [0.1, 0.15) is 5.82 Å². The lowest BCUT2D eigenvalue weighted by molar-refractivity contribution is 0.724. The molecule has 0 saturated carbocycles. The van der Waals surface area contributed by atoms with Crippen molar-refractivity contribution in [1.82, 2.24) is 9.55 Å². The Balaban J connectivity index is 1.25. The van der Waals surface area contributed by atoms with Crippen molar-refractivity contribution < 1.29 is 0 Å². The van der Waals surface area contributed by atoms with Gasteiger partial charge in [-0.3, -0.25) is 4.57 Å². The normalized spacial score (nSPS) is 13.7. The van der Waals surface area contributed by atoms with Crippen LogP contribution in [0.1, 0.15) is 22.3 Å². The number of hydrogen-bond donors (Lipinski definition) is 0. The number of hydrogen-bond acceptors (Lipinski definition) is 2. The van der Waals surface area contributed by atoms with Crippen LogP contribution >= 0.6 is 11.8 Å². The summed E-state index contributed by atoms with van der Waals surface area (Å²) in [5, 5.41) is 6.14. The summed E-state index contributed by atoms with van der Waals surface area (Å²) in [7, 11) is 0. The van der Waals surface area contributed by atoms with Crippen molar-refractivity contribution >= 4 is 55.2 Å². The Kier molecular flexibility index (Phi) is 5.95. The molecule has 3 heterocycles. The molecule has 2 aliphatic rings. The summed E-state index contributed by atoms with van der Waals surface area (Å²) in [4.78, 5) is 8.00. The topological polar surface area (TPSA) is 17.8 Å². The summed E-state index contributed by atoms with van der Waals surface area (Å²) in [6, 6.07) is 67.1. The highest BCUT2D eigenvalue weighted by molar-refractivity contribution is 7.99. The first-order valence-corrected chi connectivity index (χ1v) is 19.0. The minimum Gasteiger partial charge on any atom is -0.294 e. The molecule has 3 heteroatoms. The molecule has 2 aromatic heterocycles. The van der Waals surface area contributed by atoms with Crippen LogP contribution in [0.15, 0.2) is 192 Å². The van der Waals surface area contributed by atoms with Crippen molar-refractivity contribution in [3.63, 3.8) is 0 Å². The molecule has 1 aliphatic heterocycles. The monoisotopic (exact) mass is 690 g/mol. The van der Waals surface area contributed by atoms with Gasteiger partial charge in [0, 0.05) is 25.9 Å². The maximum atomic E-state index is 5.42. The van der Waals surface area contributed by atoms with Crippen LogP contribution in [0.5, 0.6) is 0 Å². The Morgan fingerprint density at radius 1 is 0.434 bits per heavy atom. The van der Waals surface area contributed by atoms with Crippen LogP contribution in [0.2, 0.25) is 0 Å². The van der Waals surface area contributed by atoms with Crippen LogP contribution < -0.4 is 0 Å². The molecule has 1 spiro atoms. The number of benzene rings is 8. The Labute approximate surface area is 311 Å². The summed E-state index contributed by atoms with van der Waals surface area (Å²) in [5.74, 6) is 0.922.